The van der Waals surface area contributed by atoms with E-state index in [0.717, 1.165) is 0 Å². The van der Waals surface area contributed by atoms with Crippen LogP contribution < -0.4 is 10.6 Å². The van der Waals surface area contributed by atoms with Gasteiger partial charge in [0.05, 0.1) is 18.6 Å². The molecule has 0 spiro atoms. The molecule has 4 nitrogen and oxygen atoms in total. The maximum absolute atomic E-state index is 12.6. The maximum atomic E-state index is 12.6. The van der Waals surface area contributed by atoms with E-state index in [1.54, 1.807) is 0 Å². The molecule has 0 aromatic carbocycles. The molecule has 3 atom stereocenters. The molecule has 0 radical (unpaired) electrons. The zero-order chi connectivity index (χ0) is 14.5. The fourth-order valence-corrected chi connectivity index (χ4v) is 2.31. The number of hydrogen-bond donors (Lipinski definition) is 3. The lowest BCUT2D eigenvalue weighted by molar-refractivity contribution is -0.183. The third-order valence-corrected chi connectivity index (χ3v) is 3.52. The predicted octanol–water partition coefficient (Wildman–Crippen LogP) is 2.18. The summed E-state index contributed by atoms with van der Waals surface area (Å²) in [5, 5.41) is 14.0. The Kier molecular flexibility index (Phi) is 5.90. The molecule has 3 unspecified atom stereocenters. The Balaban J connectivity index is 2.42. The van der Waals surface area contributed by atoms with E-state index in [1.807, 2.05) is 6.92 Å². The van der Waals surface area contributed by atoms with Crippen molar-refractivity contribution in [3.05, 3.63) is 0 Å². The quantitative estimate of drug-likeness (QED) is 0.740. The normalized spacial score (nSPS) is 25.7. The highest BCUT2D eigenvalue weighted by molar-refractivity contribution is 5.74. The highest BCUT2D eigenvalue weighted by Gasteiger charge is 2.42. The standard InChI is InChI=1S/C12H21F3N2O2/c1-2-9(7-18)16-11(19)17-10-5-3-4-8(6-10)12(13,14)15/h8-10,18H,2-7H2,1H3,(H2,16,17,19). The molecule has 1 aliphatic rings. The van der Waals surface area contributed by atoms with Gasteiger partial charge in [-0.1, -0.05) is 13.3 Å². The van der Waals surface area contributed by atoms with Crippen molar-refractivity contribution in [1.82, 2.24) is 10.6 Å². The lowest BCUT2D eigenvalue weighted by atomic mass is 9.85. The molecule has 1 fully saturated rings. The fourth-order valence-electron chi connectivity index (χ4n) is 2.31. The van der Waals surface area contributed by atoms with Crippen LogP contribution in [0, 0.1) is 5.92 Å². The summed E-state index contributed by atoms with van der Waals surface area (Å²) in [6.45, 7) is 1.63. The van der Waals surface area contributed by atoms with Gasteiger partial charge in [-0.05, 0) is 25.7 Å². The molecule has 112 valence electrons. The fraction of sp³-hybridized carbons (Fsp3) is 0.917. The molecule has 0 aliphatic heterocycles. The largest absolute Gasteiger partial charge is 0.394 e. The van der Waals surface area contributed by atoms with Crippen molar-refractivity contribution in [1.29, 1.82) is 0 Å². The van der Waals surface area contributed by atoms with Crippen molar-refractivity contribution >= 4 is 6.03 Å². The van der Waals surface area contributed by atoms with Crippen LogP contribution in [0.4, 0.5) is 18.0 Å². The van der Waals surface area contributed by atoms with Gasteiger partial charge in [0.2, 0.25) is 0 Å². The number of amides is 2. The second-order valence-corrected chi connectivity index (χ2v) is 5.01. The summed E-state index contributed by atoms with van der Waals surface area (Å²) in [4.78, 5) is 11.6. The second kappa shape index (κ2) is 6.98. The number of rotatable bonds is 4. The van der Waals surface area contributed by atoms with Gasteiger partial charge >= 0.3 is 12.2 Å². The Labute approximate surface area is 110 Å². The van der Waals surface area contributed by atoms with E-state index >= 15 is 0 Å². The third kappa shape index (κ3) is 5.26. The number of carbonyl (C=O) groups excluding carboxylic acids is 1. The summed E-state index contributed by atoms with van der Waals surface area (Å²) in [7, 11) is 0. The van der Waals surface area contributed by atoms with Crippen molar-refractivity contribution in [2.24, 2.45) is 5.92 Å². The van der Waals surface area contributed by atoms with Crippen LogP contribution in [0.3, 0.4) is 0 Å². The van der Waals surface area contributed by atoms with Crippen molar-refractivity contribution in [2.75, 3.05) is 6.61 Å². The number of hydrogen-bond acceptors (Lipinski definition) is 2. The topological polar surface area (TPSA) is 61.4 Å². The van der Waals surface area contributed by atoms with Crippen molar-refractivity contribution in [2.45, 2.75) is 57.3 Å². The number of alkyl halides is 3. The smallest absolute Gasteiger partial charge is 0.391 e. The molecule has 0 aromatic rings. The second-order valence-electron chi connectivity index (χ2n) is 5.01. The monoisotopic (exact) mass is 282 g/mol. The molecule has 0 bridgehead atoms. The Hall–Kier alpha value is -0.980. The number of aliphatic hydroxyl groups is 1. The molecule has 3 N–H and O–H groups in total. The average Bonchev–Trinajstić information content (AvgIpc) is 2.35. The summed E-state index contributed by atoms with van der Waals surface area (Å²) in [5.74, 6) is -1.33. The number of halogens is 3. The van der Waals surface area contributed by atoms with Crippen LogP contribution in [-0.4, -0.2) is 36.0 Å². The number of aliphatic hydroxyl groups excluding tert-OH is 1. The van der Waals surface area contributed by atoms with E-state index in [9.17, 15) is 18.0 Å². The van der Waals surface area contributed by atoms with E-state index in [0.29, 0.717) is 19.3 Å². The summed E-state index contributed by atoms with van der Waals surface area (Å²) in [6.07, 6.45) is -2.51. The maximum Gasteiger partial charge on any atom is 0.391 e. The van der Waals surface area contributed by atoms with Gasteiger partial charge in [0, 0.05) is 6.04 Å². The van der Waals surface area contributed by atoms with Crippen molar-refractivity contribution in [3.63, 3.8) is 0 Å². The summed E-state index contributed by atoms with van der Waals surface area (Å²) in [5.41, 5.74) is 0. The lowest BCUT2D eigenvalue weighted by Gasteiger charge is -2.31. The first kappa shape index (κ1) is 16.1. The van der Waals surface area contributed by atoms with Gasteiger partial charge in [0.15, 0.2) is 0 Å². The van der Waals surface area contributed by atoms with Gasteiger partial charge < -0.3 is 15.7 Å². The Morgan fingerprint density at radius 1 is 1.42 bits per heavy atom. The minimum atomic E-state index is -4.19. The van der Waals surface area contributed by atoms with Crippen LogP contribution in [0.1, 0.15) is 39.0 Å². The number of nitrogens with one attached hydrogen (secondary N) is 2. The summed E-state index contributed by atoms with van der Waals surface area (Å²) in [6, 6.07) is -1.31. The summed E-state index contributed by atoms with van der Waals surface area (Å²) >= 11 is 0. The van der Waals surface area contributed by atoms with Gasteiger partial charge in [-0.3, -0.25) is 0 Å². The zero-order valence-electron chi connectivity index (χ0n) is 11.0. The molecular formula is C12H21F3N2O2. The van der Waals surface area contributed by atoms with Crippen LogP contribution in [0.5, 0.6) is 0 Å². The van der Waals surface area contributed by atoms with Crippen LogP contribution in [0.25, 0.3) is 0 Å². The van der Waals surface area contributed by atoms with Crippen LogP contribution in [-0.2, 0) is 0 Å². The molecule has 1 rings (SSSR count). The minimum absolute atomic E-state index is 0.0627. The Bertz CT molecular complexity index is 293. The molecule has 7 heteroatoms. The Morgan fingerprint density at radius 3 is 2.63 bits per heavy atom. The molecule has 1 aliphatic carbocycles. The van der Waals surface area contributed by atoms with Crippen LogP contribution in [0.15, 0.2) is 0 Å². The predicted molar refractivity (Wildman–Crippen MR) is 64.6 cm³/mol. The molecule has 1 saturated carbocycles. The average molecular weight is 282 g/mol. The van der Waals surface area contributed by atoms with Crippen molar-refractivity contribution < 1.29 is 23.1 Å². The molecule has 19 heavy (non-hydrogen) atoms. The third-order valence-electron chi connectivity index (χ3n) is 3.52. The minimum Gasteiger partial charge on any atom is -0.394 e. The van der Waals surface area contributed by atoms with E-state index in [4.69, 9.17) is 5.11 Å². The van der Waals surface area contributed by atoms with Crippen LogP contribution in [0.2, 0.25) is 0 Å². The molecule has 2 amide bonds. The SMILES string of the molecule is CCC(CO)NC(=O)NC1CCCC(C(F)(F)F)C1. The van der Waals surface area contributed by atoms with E-state index in [-0.39, 0.29) is 25.5 Å². The van der Waals surface area contributed by atoms with Gasteiger partial charge in [0.25, 0.3) is 0 Å². The zero-order valence-corrected chi connectivity index (χ0v) is 11.0. The van der Waals surface area contributed by atoms with Gasteiger partial charge in [-0.25, -0.2) is 4.79 Å². The van der Waals surface area contributed by atoms with Gasteiger partial charge in [-0.15, -0.1) is 0 Å². The van der Waals surface area contributed by atoms with Gasteiger partial charge in [-0.2, -0.15) is 13.2 Å². The molecular weight excluding hydrogens is 261 g/mol. The van der Waals surface area contributed by atoms with Crippen molar-refractivity contribution in [3.8, 4) is 0 Å². The number of urea groups is 1. The van der Waals surface area contributed by atoms with E-state index < -0.39 is 24.2 Å². The highest BCUT2D eigenvalue weighted by Crippen LogP contribution is 2.37. The molecule has 0 aromatic heterocycles. The summed E-state index contributed by atoms with van der Waals surface area (Å²) < 4.78 is 37.8. The molecule has 0 saturated heterocycles. The first-order valence-electron chi connectivity index (χ1n) is 6.61. The van der Waals surface area contributed by atoms with Gasteiger partial charge in [0.1, 0.15) is 0 Å². The molecule has 0 heterocycles. The van der Waals surface area contributed by atoms with Crippen LogP contribution >= 0.6 is 0 Å². The number of carbonyl (C=O) groups is 1. The Morgan fingerprint density at radius 2 is 2.11 bits per heavy atom. The van der Waals surface area contributed by atoms with E-state index in [2.05, 4.69) is 10.6 Å². The first-order chi connectivity index (χ1) is 8.86. The first-order valence-corrected chi connectivity index (χ1v) is 6.61. The van der Waals surface area contributed by atoms with E-state index in [1.165, 1.54) is 0 Å². The lowest BCUT2D eigenvalue weighted by Crippen LogP contribution is -2.49. The highest BCUT2D eigenvalue weighted by atomic mass is 19.4.